The second kappa shape index (κ2) is 9.54. The van der Waals surface area contributed by atoms with E-state index < -0.39 is 0 Å². The van der Waals surface area contributed by atoms with Crippen LogP contribution in [0.3, 0.4) is 0 Å². The number of benzene rings is 1. The SMILES string of the molecule is CCN(CC)CCNC(=O)CCCc1ccc(C)cc1. The number of hydrogen-bond donors (Lipinski definition) is 1. The summed E-state index contributed by atoms with van der Waals surface area (Å²) in [5.74, 6) is 0.171. The monoisotopic (exact) mass is 276 g/mol. The van der Waals surface area contributed by atoms with Crippen LogP contribution in [0.15, 0.2) is 24.3 Å². The number of rotatable bonds is 9. The molecule has 0 unspecified atom stereocenters. The highest BCUT2D eigenvalue weighted by atomic mass is 16.1. The highest BCUT2D eigenvalue weighted by molar-refractivity contribution is 5.75. The quantitative estimate of drug-likeness (QED) is 0.752. The number of aryl methyl sites for hydroxylation is 2. The third kappa shape index (κ3) is 6.71. The predicted molar refractivity (Wildman–Crippen MR) is 84.9 cm³/mol. The second-order valence-electron chi connectivity index (χ2n) is 5.22. The average Bonchev–Trinajstić information content (AvgIpc) is 2.46. The molecule has 0 fully saturated rings. The van der Waals surface area contributed by atoms with Crippen molar-refractivity contribution >= 4 is 5.91 Å². The van der Waals surface area contributed by atoms with Crippen LogP contribution in [0.5, 0.6) is 0 Å². The number of amides is 1. The summed E-state index contributed by atoms with van der Waals surface area (Å²) in [5, 5.41) is 3.00. The van der Waals surface area contributed by atoms with Crippen LogP contribution in [0.1, 0.15) is 37.8 Å². The van der Waals surface area contributed by atoms with Crippen LogP contribution in [-0.4, -0.2) is 37.0 Å². The topological polar surface area (TPSA) is 32.3 Å². The van der Waals surface area contributed by atoms with E-state index >= 15 is 0 Å². The molecule has 1 aromatic carbocycles. The van der Waals surface area contributed by atoms with Crippen molar-refractivity contribution in [1.82, 2.24) is 10.2 Å². The van der Waals surface area contributed by atoms with Gasteiger partial charge < -0.3 is 10.2 Å². The molecular formula is C17H28N2O. The maximum Gasteiger partial charge on any atom is 0.220 e. The van der Waals surface area contributed by atoms with E-state index in [0.29, 0.717) is 6.42 Å². The van der Waals surface area contributed by atoms with Gasteiger partial charge >= 0.3 is 0 Å². The molecule has 0 saturated carbocycles. The van der Waals surface area contributed by atoms with Crippen molar-refractivity contribution in [3.63, 3.8) is 0 Å². The van der Waals surface area contributed by atoms with Gasteiger partial charge in [0.2, 0.25) is 5.91 Å². The first-order valence-corrected chi connectivity index (χ1v) is 7.70. The number of nitrogens with zero attached hydrogens (tertiary/aromatic N) is 1. The largest absolute Gasteiger partial charge is 0.355 e. The van der Waals surface area contributed by atoms with E-state index in [2.05, 4.69) is 55.3 Å². The Hall–Kier alpha value is -1.35. The van der Waals surface area contributed by atoms with Gasteiger partial charge in [-0.15, -0.1) is 0 Å². The number of carbonyl (C=O) groups is 1. The highest BCUT2D eigenvalue weighted by Crippen LogP contribution is 2.07. The Labute approximate surface area is 123 Å². The number of hydrogen-bond acceptors (Lipinski definition) is 2. The van der Waals surface area contributed by atoms with E-state index in [1.54, 1.807) is 0 Å². The minimum Gasteiger partial charge on any atom is -0.355 e. The van der Waals surface area contributed by atoms with Crippen LogP contribution in [0.2, 0.25) is 0 Å². The lowest BCUT2D eigenvalue weighted by Crippen LogP contribution is -2.34. The van der Waals surface area contributed by atoms with Crippen LogP contribution in [0, 0.1) is 6.92 Å². The first kappa shape index (κ1) is 16.7. The molecule has 0 heterocycles. The van der Waals surface area contributed by atoms with Gasteiger partial charge in [0.25, 0.3) is 0 Å². The zero-order chi connectivity index (χ0) is 14.8. The first-order chi connectivity index (χ1) is 9.65. The average molecular weight is 276 g/mol. The van der Waals surface area contributed by atoms with E-state index in [0.717, 1.165) is 39.0 Å². The van der Waals surface area contributed by atoms with Gasteiger partial charge in [0.05, 0.1) is 0 Å². The summed E-state index contributed by atoms with van der Waals surface area (Å²) in [7, 11) is 0. The minimum absolute atomic E-state index is 0.171. The Balaban J connectivity index is 2.12. The van der Waals surface area contributed by atoms with Crippen molar-refractivity contribution in [2.75, 3.05) is 26.2 Å². The molecule has 3 heteroatoms. The van der Waals surface area contributed by atoms with E-state index in [1.165, 1.54) is 11.1 Å². The molecular weight excluding hydrogens is 248 g/mol. The van der Waals surface area contributed by atoms with Gasteiger partial charge in [-0.2, -0.15) is 0 Å². The molecule has 20 heavy (non-hydrogen) atoms. The fraction of sp³-hybridized carbons (Fsp3) is 0.588. The van der Waals surface area contributed by atoms with Gasteiger partial charge in [0.15, 0.2) is 0 Å². The molecule has 0 bridgehead atoms. The number of carbonyl (C=O) groups excluding carboxylic acids is 1. The Morgan fingerprint density at radius 1 is 1.15 bits per heavy atom. The summed E-state index contributed by atoms with van der Waals surface area (Å²) in [5.41, 5.74) is 2.59. The Bertz CT molecular complexity index is 382. The van der Waals surface area contributed by atoms with Gasteiger partial charge in [0.1, 0.15) is 0 Å². The van der Waals surface area contributed by atoms with E-state index in [4.69, 9.17) is 0 Å². The molecule has 0 saturated heterocycles. The number of likely N-dealkylation sites (N-methyl/N-ethyl adjacent to an activating group) is 1. The van der Waals surface area contributed by atoms with Crippen molar-refractivity contribution in [2.24, 2.45) is 0 Å². The molecule has 0 aliphatic rings. The minimum atomic E-state index is 0.171. The Kier molecular flexibility index (Phi) is 7.97. The molecule has 1 aromatic rings. The molecule has 0 aromatic heterocycles. The fourth-order valence-corrected chi connectivity index (χ4v) is 2.19. The lowest BCUT2D eigenvalue weighted by molar-refractivity contribution is -0.121. The van der Waals surface area contributed by atoms with Crippen LogP contribution >= 0.6 is 0 Å². The smallest absolute Gasteiger partial charge is 0.220 e. The maximum atomic E-state index is 11.7. The van der Waals surface area contributed by atoms with E-state index in [9.17, 15) is 4.79 Å². The lowest BCUT2D eigenvalue weighted by Gasteiger charge is -2.17. The van der Waals surface area contributed by atoms with Crippen LogP contribution in [0.4, 0.5) is 0 Å². The molecule has 0 atom stereocenters. The number of nitrogens with one attached hydrogen (secondary N) is 1. The standard InChI is InChI=1S/C17H28N2O/c1-4-19(5-2)14-13-18-17(20)8-6-7-16-11-9-15(3)10-12-16/h9-12H,4-8,13-14H2,1-3H3,(H,18,20). The molecule has 0 spiro atoms. The van der Waals surface area contributed by atoms with Gasteiger partial charge in [-0.3, -0.25) is 4.79 Å². The van der Waals surface area contributed by atoms with E-state index in [-0.39, 0.29) is 5.91 Å². The molecule has 112 valence electrons. The third-order valence-electron chi connectivity index (χ3n) is 3.63. The van der Waals surface area contributed by atoms with Crippen molar-refractivity contribution < 1.29 is 4.79 Å². The molecule has 0 aliphatic carbocycles. The first-order valence-electron chi connectivity index (χ1n) is 7.70. The summed E-state index contributed by atoms with van der Waals surface area (Å²) in [6.07, 6.45) is 2.51. The summed E-state index contributed by atoms with van der Waals surface area (Å²) >= 11 is 0. The van der Waals surface area contributed by atoms with Crippen LogP contribution < -0.4 is 5.32 Å². The van der Waals surface area contributed by atoms with Crippen molar-refractivity contribution in [3.8, 4) is 0 Å². The fourth-order valence-electron chi connectivity index (χ4n) is 2.19. The maximum absolute atomic E-state index is 11.7. The van der Waals surface area contributed by atoms with Gasteiger partial charge in [0, 0.05) is 19.5 Å². The molecule has 3 nitrogen and oxygen atoms in total. The highest BCUT2D eigenvalue weighted by Gasteiger charge is 2.03. The molecule has 1 rings (SSSR count). The third-order valence-corrected chi connectivity index (χ3v) is 3.63. The predicted octanol–water partition coefficient (Wildman–Crippen LogP) is 2.78. The van der Waals surface area contributed by atoms with Crippen molar-refractivity contribution in [3.05, 3.63) is 35.4 Å². The normalized spacial score (nSPS) is 10.8. The van der Waals surface area contributed by atoms with E-state index in [1.807, 2.05) is 0 Å². The van der Waals surface area contributed by atoms with Gasteiger partial charge in [-0.1, -0.05) is 43.7 Å². The summed E-state index contributed by atoms with van der Waals surface area (Å²) in [6, 6.07) is 8.54. The van der Waals surface area contributed by atoms with Crippen LogP contribution in [0.25, 0.3) is 0 Å². The van der Waals surface area contributed by atoms with Crippen LogP contribution in [-0.2, 0) is 11.2 Å². The Morgan fingerprint density at radius 3 is 2.40 bits per heavy atom. The van der Waals surface area contributed by atoms with Crippen molar-refractivity contribution in [1.29, 1.82) is 0 Å². The summed E-state index contributed by atoms with van der Waals surface area (Å²) in [6.45, 7) is 10.2. The van der Waals surface area contributed by atoms with Gasteiger partial charge in [-0.05, 0) is 38.4 Å². The zero-order valence-electron chi connectivity index (χ0n) is 13.1. The van der Waals surface area contributed by atoms with Crippen molar-refractivity contribution in [2.45, 2.75) is 40.0 Å². The molecule has 1 N–H and O–H groups in total. The molecule has 0 radical (unpaired) electrons. The molecule has 1 amide bonds. The Morgan fingerprint density at radius 2 is 1.80 bits per heavy atom. The molecule has 0 aliphatic heterocycles. The second-order valence-corrected chi connectivity index (χ2v) is 5.22. The summed E-state index contributed by atoms with van der Waals surface area (Å²) in [4.78, 5) is 14.0. The summed E-state index contributed by atoms with van der Waals surface area (Å²) < 4.78 is 0. The zero-order valence-corrected chi connectivity index (χ0v) is 13.1. The van der Waals surface area contributed by atoms with Gasteiger partial charge in [-0.25, -0.2) is 0 Å². The lowest BCUT2D eigenvalue weighted by atomic mass is 10.1.